The summed E-state index contributed by atoms with van der Waals surface area (Å²) in [5.41, 5.74) is -3.23. The Morgan fingerprint density at radius 2 is 1.78 bits per heavy atom. The van der Waals surface area contributed by atoms with Crippen molar-refractivity contribution in [3.63, 3.8) is 0 Å². The molecule has 216 valence electrons. The summed E-state index contributed by atoms with van der Waals surface area (Å²) < 4.78 is 81.2. The second-order valence-electron chi connectivity index (χ2n) is 10.5. The molecule has 0 radical (unpaired) electrons. The minimum atomic E-state index is -4.90. The third kappa shape index (κ3) is 5.00. The number of hydrogen-bond donors (Lipinski definition) is 1. The summed E-state index contributed by atoms with van der Waals surface area (Å²) in [6.45, 7) is 3.31. The summed E-state index contributed by atoms with van der Waals surface area (Å²) in [4.78, 5) is 31.2. The number of pyridine rings is 2. The van der Waals surface area contributed by atoms with Gasteiger partial charge in [-0.2, -0.15) is 18.3 Å². The predicted molar refractivity (Wildman–Crippen MR) is 144 cm³/mol. The topological polar surface area (TPSA) is 116 Å². The third-order valence-electron chi connectivity index (χ3n) is 7.34. The molecule has 0 saturated heterocycles. The zero-order valence-corrected chi connectivity index (χ0v) is 23.2. The van der Waals surface area contributed by atoms with Gasteiger partial charge in [-0.25, -0.2) is 22.5 Å². The van der Waals surface area contributed by atoms with Crippen LogP contribution in [0.15, 0.2) is 57.3 Å². The highest BCUT2D eigenvalue weighted by Crippen LogP contribution is 2.43. The molecule has 3 aromatic heterocycles. The fourth-order valence-corrected chi connectivity index (χ4v) is 5.32. The van der Waals surface area contributed by atoms with Crippen LogP contribution in [-0.2, 0) is 28.6 Å². The SMILES string of the molecule is C[C@@H](Nc1nn(C)c(=O)c2c(-c3ccc(S(C)(=O)=O)nc3)c(=O)n(C3(C)CC3)cc12)c1cccc(C(F)(F)F)c1F. The maximum atomic E-state index is 14.9. The number of halogens is 4. The Kier molecular flexibility index (Phi) is 6.59. The molecule has 0 aliphatic heterocycles. The molecule has 14 heteroatoms. The van der Waals surface area contributed by atoms with Gasteiger partial charge < -0.3 is 9.88 Å². The van der Waals surface area contributed by atoms with Gasteiger partial charge in [-0.15, -0.1) is 0 Å². The first-order valence-corrected chi connectivity index (χ1v) is 14.4. The first kappa shape index (κ1) is 28.5. The van der Waals surface area contributed by atoms with Crippen LogP contribution in [0.3, 0.4) is 0 Å². The van der Waals surface area contributed by atoms with Crippen LogP contribution < -0.4 is 16.4 Å². The molecule has 41 heavy (non-hydrogen) atoms. The second-order valence-corrected chi connectivity index (χ2v) is 12.4. The number of hydrogen-bond acceptors (Lipinski definition) is 7. The molecule has 1 aliphatic carbocycles. The molecule has 5 rings (SSSR count). The van der Waals surface area contributed by atoms with Gasteiger partial charge in [0.15, 0.2) is 20.7 Å². The summed E-state index contributed by atoms with van der Waals surface area (Å²) >= 11 is 0. The number of sulfone groups is 1. The lowest BCUT2D eigenvalue weighted by Gasteiger charge is -2.22. The van der Waals surface area contributed by atoms with Gasteiger partial charge in [0.2, 0.25) is 0 Å². The van der Waals surface area contributed by atoms with E-state index in [1.54, 1.807) is 0 Å². The fraction of sp³-hybridized carbons (Fsp3) is 0.333. The van der Waals surface area contributed by atoms with Gasteiger partial charge in [0.1, 0.15) is 5.82 Å². The van der Waals surface area contributed by atoms with E-state index in [-0.39, 0.29) is 38.3 Å². The molecule has 0 spiro atoms. The molecule has 1 aromatic carbocycles. The van der Waals surface area contributed by atoms with Crippen molar-refractivity contribution in [1.29, 1.82) is 0 Å². The lowest BCUT2D eigenvalue weighted by molar-refractivity contribution is -0.140. The third-order valence-corrected chi connectivity index (χ3v) is 8.34. The number of nitrogens with one attached hydrogen (secondary N) is 1. The number of aryl methyl sites for hydroxylation is 1. The quantitative estimate of drug-likeness (QED) is 0.331. The molecular weight excluding hydrogens is 566 g/mol. The van der Waals surface area contributed by atoms with E-state index in [1.807, 2.05) is 6.92 Å². The highest BCUT2D eigenvalue weighted by Gasteiger charge is 2.41. The van der Waals surface area contributed by atoms with Gasteiger partial charge in [0, 0.05) is 47.7 Å². The van der Waals surface area contributed by atoms with Crippen LogP contribution in [0.4, 0.5) is 23.4 Å². The number of benzene rings is 1. The lowest BCUT2D eigenvalue weighted by Crippen LogP contribution is -2.32. The van der Waals surface area contributed by atoms with Gasteiger partial charge in [-0.3, -0.25) is 9.59 Å². The van der Waals surface area contributed by atoms with Crippen molar-refractivity contribution in [2.75, 3.05) is 11.6 Å². The van der Waals surface area contributed by atoms with Crippen molar-refractivity contribution in [2.45, 2.75) is 49.5 Å². The number of anilines is 1. The van der Waals surface area contributed by atoms with Crippen LogP contribution in [0.2, 0.25) is 0 Å². The molecule has 0 amide bonds. The summed E-state index contributed by atoms with van der Waals surface area (Å²) in [5, 5.41) is 7.10. The molecule has 1 atom stereocenters. The van der Waals surface area contributed by atoms with E-state index in [9.17, 15) is 35.6 Å². The van der Waals surface area contributed by atoms with E-state index >= 15 is 0 Å². The van der Waals surface area contributed by atoms with Crippen molar-refractivity contribution in [1.82, 2.24) is 19.3 Å². The van der Waals surface area contributed by atoms with Crippen LogP contribution in [0.1, 0.15) is 43.9 Å². The Bertz CT molecular complexity index is 1930. The van der Waals surface area contributed by atoms with E-state index in [1.165, 1.54) is 49.1 Å². The van der Waals surface area contributed by atoms with Crippen LogP contribution in [0, 0.1) is 5.82 Å². The molecule has 1 aliphatic rings. The van der Waals surface area contributed by atoms with Gasteiger partial charge in [-0.05, 0) is 44.9 Å². The average molecular weight is 592 g/mol. The monoisotopic (exact) mass is 591 g/mol. The Hall–Kier alpha value is -4.07. The molecule has 9 nitrogen and oxygen atoms in total. The first-order valence-electron chi connectivity index (χ1n) is 12.5. The maximum absolute atomic E-state index is 14.9. The molecule has 3 heterocycles. The number of aromatic nitrogens is 4. The van der Waals surface area contributed by atoms with E-state index in [0.29, 0.717) is 18.9 Å². The van der Waals surface area contributed by atoms with E-state index in [2.05, 4.69) is 15.4 Å². The molecular formula is C27H25F4N5O4S. The van der Waals surface area contributed by atoms with Gasteiger partial charge in [0.05, 0.1) is 22.6 Å². The highest BCUT2D eigenvalue weighted by molar-refractivity contribution is 7.90. The van der Waals surface area contributed by atoms with E-state index < -0.39 is 50.1 Å². The van der Waals surface area contributed by atoms with Crippen molar-refractivity contribution in [3.05, 3.63) is 80.4 Å². The molecule has 0 unspecified atom stereocenters. The zero-order chi connectivity index (χ0) is 30.1. The highest BCUT2D eigenvalue weighted by atomic mass is 32.2. The van der Waals surface area contributed by atoms with Crippen molar-refractivity contribution in [2.24, 2.45) is 7.05 Å². The van der Waals surface area contributed by atoms with Crippen molar-refractivity contribution >= 4 is 26.4 Å². The number of rotatable bonds is 6. The molecule has 4 aromatic rings. The molecule has 1 fully saturated rings. The molecule has 1 saturated carbocycles. The predicted octanol–water partition coefficient (Wildman–Crippen LogP) is 4.40. The first-order chi connectivity index (χ1) is 19.0. The summed E-state index contributed by atoms with van der Waals surface area (Å²) in [6.07, 6.45) is 0.110. The summed E-state index contributed by atoms with van der Waals surface area (Å²) in [7, 11) is -2.30. The second kappa shape index (κ2) is 9.50. The van der Waals surface area contributed by atoms with Gasteiger partial charge >= 0.3 is 6.18 Å². The fourth-order valence-electron chi connectivity index (χ4n) is 4.76. The molecule has 1 N–H and O–H groups in total. The number of nitrogens with zero attached hydrogens (tertiary/aromatic N) is 4. The Morgan fingerprint density at radius 1 is 1.10 bits per heavy atom. The van der Waals surface area contributed by atoms with Crippen LogP contribution >= 0.6 is 0 Å². The van der Waals surface area contributed by atoms with Gasteiger partial charge in [-0.1, -0.05) is 12.1 Å². The van der Waals surface area contributed by atoms with E-state index in [0.717, 1.165) is 17.0 Å². The van der Waals surface area contributed by atoms with Gasteiger partial charge in [0.25, 0.3) is 11.1 Å². The zero-order valence-electron chi connectivity index (χ0n) is 22.4. The van der Waals surface area contributed by atoms with E-state index in [4.69, 9.17) is 0 Å². The minimum absolute atomic E-state index is 0.0337. The average Bonchev–Trinajstić information content (AvgIpc) is 3.63. The largest absolute Gasteiger partial charge is 0.419 e. The maximum Gasteiger partial charge on any atom is 0.419 e. The number of alkyl halides is 3. The van der Waals surface area contributed by atoms with Crippen molar-refractivity contribution < 1.29 is 26.0 Å². The van der Waals surface area contributed by atoms with Crippen LogP contribution in [0.25, 0.3) is 21.9 Å². The standard InChI is InChI=1S/C27H25F4N5O4S/c1-14(16-6-5-7-18(22(16)28)27(29,30)31)33-23-17-13-36(26(2)10-11-26)25(38)20(21(17)24(37)35(3)34-23)15-8-9-19(32-12-15)41(4,39)40/h5-9,12-14H,10-11H2,1-4H3,(H,33,34)/t14-/m1/s1. The molecule has 0 bridgehead atoms. The van der Waals surface area contributed by atoms with Crippen LogP contribution in [-0.4, -0.2) is 34.0 Å². The van der Waals surface area contributed by atoms with Crippen molar-refractivity contribution in [3.8, 4) is 11.1 Å². The lowest BCUT2D eigenvalue weighted by atomic mass is 10.0. The summed E-state index contributed by atoms with van der Waals surface area (Å²) in [5.74, 6) is -1.40. The number of fused-ring (bicyclic) bond motifs is 1. The smallest absolute Gasteiger partial charge is 0.361 e. The van der Waals surface area contributed by atoms with Crippen LogP contribution in [0.5, 0.6) is 0 Å². The Balaban J connectivity index is 1.75. The summed E-state index contributed by atoms with van der Waals surface area (Å²) in [6, 6.07) is 4.55. The normalized spacial score (nSPS) is 15.6. The minimum Gasteiger partial charge on any atom is -0.361 e. The Morgan fingerprint density at radius 3 is 2.34 bits per heavy atom. The Labute approximate surface area is 231 Å².